The second-order valence-electron chi connectivity index (χ2n) is 10.0. The molecule has 1 saturated carbocycles. The van der Waals surface area contributed by atoms with E-state index in [1.54, 1.807) is 26.8 Å². The highest BCUT2D eigenvalue weighted by Crippen LogP contribution is 2.45. The Morgan fingerprint density at radius 1 is 1.09 bits per heavy atom. The highest BCUT2D eigenvalue weighted by molar-refractivity contribution is 5.99. The van der Waals surface area contributed by atoms with Crippen molar-refractivity contribution < 1.29 is 19.7 Å². The maximum Gasteiger partial charge on any atom is 0.308 e. The molecule has 1 aromatic heterocycles. The van der Waals surface area contributed by atoms with Crippen LogP contribution in [0.5, 0.6) is 0 Å². The number of esters is 1. The number of carbonyl (C=O) groups excluding carboxylic acids is 1. The molecular weight excluding hydrogens is 426 g/mol. The van der Waals surface area contributed by atoms with Crippen LogP contribution in [0.2, 0.25) is 0 Å². The molecule has 2 N–H and O–H groups in total. The van der Waals surface area contributed by atoms with Gasteiger partial charge in [-0.3, -0.25) is 9.78 Å². The molecule has 0 aliphatic heterocycles. The van der Waals surface area contributed by atoms with Gasteiger partial charge in [0.15, 0.2) is 0 Å². The Labute approximate surface area is 201 Å². The summed E-state index contributed by atoms with van der Waals surface area (Å²) in [5.74, 6) is -0.0566. The lowest BCUT2D eigenvalue weighted by Crippen LogP contribution is -2.27. The first-order valence-electron chi connectivity index (χ1n) is 12.0. The predicted molar refractivity (Wildman–Crippen MR) is 135 cm³/mol. The standard InChI is InChI=1S/C29H33NO4/c1-29(2,3)34-26(33)18-22(32)17-21(31)15-16-24-27(19-9-5-4-6-10-19)23-11-7-8-12-25(23)30-28(24)20-13-14-20/h4-12,15-16,20-22,31-32H,13-14,17-18H2,1-3H3/t21-,22-/m1/s1. The summed E-state index contributed by atoms with van der Waals surface area (Å²) in [6, 6.07) is 18.4. The average Bonchev–Trinajstić information content (AvgIpc) is 3.61. The van der Waals surface area contributed by atoms with Crippen molar-refractivity contribution in [3.05, 3.63) is 71.9 Å². The third-order valence-corrected chi connectivity index (χ3v) is 5.81. The number of benzene rings is 2. The lowest BCUT2D eigenvalue weighted by atomic mass is 9.92. The fraction of sp³-hybridized carbons (Fsp3) is 0.379. The fourth-order valence-electron chi connectivity index (χ4n) is 4.22. The van der Waals surface area contributed by atoms with Gasteiger partial charge in [0.2, 0.25) is 0 Å². The second kappa shape index (κ2) is 10.1. The Hall–Kier alpha value is -3.02. The smallest absolute Gasteiger partial charge is 0.308 e. The summed E-state index contributed by atoms with van der Waals surface area (Å²) >= 11 is 0. The van der Waals surface area contributed by atoms with E-state index in [1.165, 1.54) is 0 Å². The number of hydrogen-bond acceptors (Lipinski definition) is 5. The van der Waals surface area contributed by atoms with E-state index in [-0.39, 0.29) is 12.8 Å². The summed E-state index contributed by atoms with van der Waals surface area (Å²) in [5.41, 5.74) is 4.62. The molecule has 0 spiro atoms. The maximum atomic E-state index is 12.0. The highest BCUT2D eigenvalue weighted by Gasteiger charge is 2.29. The number of aliphatic hydroxyl groups is 2. The zero-order valence-corrected chi connectivity index (χ0v) is 20.1. The van der Waals surface area contributed by atoms with Crippen LogP contribution in [0.1, 0.15) is 63.6 Å². The van der Waals surface area contributed by atoms with Crippen molar-refractivity contribution in [2.24, 2.45) is 0 Å². The van der Waals surface area contributed by atoms with Crippen molar-refractivity contribution in [2.45, 2.75) is 70.2 Å². The van der Waals surface area contributed by atoms with Crippen LogP contribution < -0.4 is 0 Å². The Kier molecular flexibility index (Phi) is 7.15. The zero-order valence-electron chi connectivity index (χ0n) is 20.1. The van der Waals surface area contributed by atoms with Gasteiger partial charge in [-0.1, -0.05) is 60.7 Å². The van der Waals surface area contributed by atoms with Crippen LogP contribution in [0.15, 0.2) is 60.7 Å². The molecule has 0 unspecified atom stereocenters. The van der Waals surface area contributed by atoms with Crippen LogP contribution >= 0.6 is 0 Å². The van der Waals surface area contributed by atoms with E-state index in [0.717, 1.165) is 46.1 Å². The minimum atomic E-state index is -0.985. The molecule has 2 atom stereocenters. The molecule has 34 heavy (non-hydrogen) atoms. The van der Waals surface area contributed by atoms with Crippen molar-refractivity contribution in [3.8, 4) is 11.1 Å². The molecule has 1 heterocycles. The largest absolute Gasteiger partial charge is 0.460 e. The first-order valence-corrected chi connectivity index (χ1v) is 12.0. The minimum Gasteiger partial charge on any atom is -0.460 e. The van der Waals surface area contributed by atoms with Gasteiger partial charge in [-0.25, -0.2) is 0 Å². The molecule has 5 heteroatoms. The minimum absolute atomic E-state index is 0.0518. The summed E-state index contributed by atoms with van der Waals surface area (Å²) in [6.07, 6.45) is 3.86. The number of ether oxygens (including phenoxy) is 1. The zero-order chi connectivity index (χ0) is 24.3. The molecule has 0 radical (unpaired) electrons. The van der Waals surface area contributed by atoms with Crippen molar-refractivity contribution in [2.75, 3.05) is 0 Å². The van der Waals surface area contributed by atoms with Crippen molar-refractivity contribution in [1.82, 2.24) is 4.98 Å². The van der Waals surface area contributed by atoms with Gasteiger partial charge in [-0.2, -0.15) is 0 Å². The van der Waals surface area contributed by atoms with Gasteiger partial charge < -0.3 is 14.9 Å². The van der Waals surface area contributed by atoms with Crippen LogP contribution in [0.25, 0.3) is 28.1 Å². The van der Waals surface area contributed by atoms with E-state index in [1.807, 2.05) is 42.5 Å². The van der Waals surface area contributed by atoms with Gasteiger partial charge in [0, 0.05) is 28.9 Å². The summed E-state index contributed by atoms with van der Waals surface area (Å²) < 4.78 is 5.27. The van der Waals surface area contributed by atoms with Crippen molar-refractivity contribution >= 4 is 22.9 Å². The van der Waals surface area contributed by atoms with Gasteiger partial charge in [-0.05, 0) is 45.2 Å². The Balaban J connectivity index is 1.62. The lowest BCUT2D eigenvalue weighted by Gasteiger charge is -2.21. The average molecular weight is 460 g/mol. The number of pyridine rings is 1. The number of fused-ring (bicyclic) bond motifs is 1. The molecule has 0 amide bonds. The Bertz CT molecular complexity index is 1180. The van der Waals surface area contributed by atoms with E-state index < -0.39 is 23.8 Å². The molecule has 1 aliphatic carbocycles. The number of aromatic nitrogens is 1. The third kappa shape index (κ3) is 6.10. The number of hydrogen-bond donors (Lipinski definition) is 2. The van der Waals surface area contributed by atoms with Gasteiger partial charge in [0.05, 0.1) is 29.8 Å². The van der Waals surface area contributed by atoms with E-state index in [9.17, 15) is 15.0 Å². The Morgan fingerprint density at radius 3 is 2.44 bits per heavy atom. The molecule has 178 valence electrons. The van der Waals surface area contributed by atoms with Gasteiger partial charge in [0.1, 0.15) is 5.60 Å². The molecule has 0 saturated heterocycles. The highest BCUT2D eigenvalue weighted by atomic mass is 16.6. The number of para-hydroxylation sites is 1. The van der Waals surface area contributed by atoms with Gasteiger partial charge in [0.25, 0.3) is 0 Å². The van der Waals surface area contributed by atoms with Gasteiger partial charge in [-0.15, -0.1) is 0 Å². The maximum absolute atomic E-state index is 12.0. The quantitative estimate of drug-likeness (QED) is 0.427. The number of aliphatic hydroxyl groups excluding tert-OH is 2. The summed E-state index contributed by atoms with van der Waals surface area (Å²) in [7, 11) is 0. The first-order chi connectivity index (χ1) is 16.2. The van der Waals surface area contributed by atoms with E-state index in [2.05, 4.69) is 18.2 Å². The third-order valence-electron chi connectivity index (χ3n) is 5.81. The van der Waals surface area contributed by atoms with Crippen molar-refractivity contribution in [3.63, 3.8) is 0 Å². The van der Waals surface area contributed by atoms with Crippen molar-refractivity contribution in [1.29, 1.82) is 0 Å². The van der Waals surface area contributed by atoms with E-state index in [4.69, 9.17) is 9.72 Å². The lowest BCUT2D eigenvalue weighted by molar-refractivity contribution is -0.157. The SMILES string of the molecule is CC(C)(C)OC(=O)C[C@H](O)C[C@H](O)C=Cc1c(C2CC2)nc2ccccc2c1-c1ccccc1. The van der Waals surface area contributed by atoms with Crippen LogP contribution in [0.3, 0.4) is 0 Å². The normalized spacial score (nSPS) is 16.0. The molecule has 1 aliphatic rings. The molecule has 3 aromatic rings. The Morgan fingerprint density at radius 2 is 1.76 bits per heavy atom. The predicted octanol–water partition coefficient (Wildman–Crippen LogP) is 5.64. The van der Waals surface area contributed by atoms with Crippen LogP contribution in [0, 0.1) is 0 Å². The van der Waals surface area contributed by atoms with E-state index >= 15 is 0 Å². The monoisotopic (exact) mass is 459 g/mol. The molecule has 1 fully saturated rings. The fourth-order valence-corrected chi connectivity index (χ4v) is 4.22. The molecule has 2 aromatic carbocycles. The number of nitrogens with zero attached hydrogens (tertiary/aromatic N) is 1. The van der Waals surface area contributed by atoms with Crippen LogP contribution in [-0.2, 0) is 9.53 Å². The number of carbonyl (C=O) groups is 1. The summed E-state index contributed by atoms with van der Waals surface area (Å²) in [4.78, 5) is 17.0. The molecule has 4 rings (SSSR count). The molecule has 0 bridgehead atoms. The van der Waals surface area contributed by atoms with E-state index in [0.29, 0.717) is 5.92 Å². The number of rotatable bonds is 8. The van der Waals surface area contributed by atoms with Crippen LogP contribution in [0.4, 0.5) is 0 Å². The van der Waals surface area contributed by atoms with Gasteiger partial charge >= 0.3 is 5.97 Å². The molecular formula is C29H33NO4. The molecule has 5 nitrogen and oxygen atoms in total. The summed E-state index contributed by atoms with van der Waals surface area (Å²) in [6.45, 7) is 5.36. The second-order valence-corrected chi connectivity index (χ2v) is 10.0. The first kappa shape index (κ1) is 24.1. The van der Waals surface area contributed by atoms with Crippen LogP contribution in [-0.4, -0.2) is 39.0 Å². The summed E-state index contributed by atoms with van der Waals surface area (Å²) in [5, 5.41) is 22.0. The topological polar surface area (TPSA) is 79.7 Å².